The summed E-state index contributed by atoms with van der Waals surface area (Å²) in [4.78, 5) is 26.1. The molecule has 0 aliphatic carbocycles. The average molecular weight is 322 g/mol. The Balaban J connectivity index is 2.01. The van der Waals surface area contributed by atoms with Gasteiger partial charge in [0, 0.05) is 12.0 Å². The molecule has 1 heterocycles. The third-order valence-electron chi connectivity index (χ3n) is 4.35. The zero-order chi connectivity index (χ0) is 17.0. The Morgan fingerprint density at radius 2 is 1.96 bits per heavy atom. The van der Waals surface area contributed by atoms with Crippen molar-refractivity contribution in [2.45, 2.75) is 38.8 Å². The lowest BCUT2D eigenvalue weighted by atomic mass is 9.94. The minimum Gasteiger partial charge on any atom is -0.479 e. The molecule has 0 spiro atoms. The predicted molar refractivity (Wildman–Crippen MR) is 84.4 cm³/mol. The lowest BCUT2D eigenvalue weighted by molar-refractivity contribution is -0.143. The number of carboxylic acids is 1. The maximum absolute atomic E-state index is 13.3. The van der Waals surface area contributed by atoms with Crippen molar-refractivity contribution in [2.24, 2.45) is 5.92 Å². The number of nitrogens with zero attached hydrogens (tertiary/aromatic N) is 1. The van der Waals surface area contributed by atoms with Crippen LogP contribution in [0, 0.1) is 11.7 Å². The van der Waals surface area contributed by atoms with E-state index in [0.717, 1.165) is 19.2 Å². The molecule has 1 aliphatic rings. The summed E-state index contributed by atoms with van der Waals surface area (Å²) in [5.74, 6) is -2.18. The number of hydrogen-bond acceptors (Lipinski definition) is 3. The van der Waals surface area contributed by atoms with Gasteiger partial charge in [-0.3, -0.25) is 4.79 Å². The van der Waals surface area contributed by atoms with Crippen LogP contribution < -0.4 is 5.32 Å². The summed E-state index contributed by atoms with van der Waals surface area (Å²) in [7, 11) is 0. The lowest BCUT2D eigenvalue weighted by Crippen LogP contribution is -2.44. The van der Waals surface area contributed by atoms with Crippen molar-refractivity contribution >= 4 is 11.9 Å². The number of amides is 1. The molecule has 0 saturated carbocycles. The van der Waals surface area contributed by atoms with Gasteiger partial charge in [-0.1, -0.05) is 12.1 Å². The summed E-state index contributed by atoms with van der Waals surface area (Å²) < 4.78 is 13.3. The van der Waals surface area contributed by atoms with E-state index in [2.05, 4.69) is 24.1 Å². The van der Waals surface area contributed by atoms with Crippen LogP contribution in [0.4, 0.5) is 4.39 Å². The highest BCUT2D eigenvalue weighted by molar-refractivity contribution is 5.85. The average Bonchev–Trinajstić information content (AvgIpc) is 2.52. The molecular formula is C17H23FN2O3. The molecule has 2 N–H and O–H groups in total. The number of nitrogens with one attached hydrogen (secondary N) is 1. The molecular weight excluding hydrogens is 299 g/mol. The van der Waals surface area contributed by atoms with E-state index in [-0.39, 0.29) is 17.4 Å². The zero-order valence-corrected chi connectivity index (χ0v) is 13.5. The Hall–Kier alpha value is -1.95. The molecule has 1 unspecified atom stereocenters. The van der Waals surface area contributed by atoms with Crippen LogP contribution in [0.15, 0.2) is 24.3 Å². The number of benzene rings is 1. The van der Waals surface area contributed by atoms with Gasteiger partial charge in [0.05, 0.1) is 0 Å². The molecule has 1 aliphatic heterocycles. The van der Waals surface area contributed by atoms with E-state index in [0.29, 0.717) is 18.9 Å². The standard InChI is InChI=1S/C17H23FN2O3/c1-11(2)20-8-6-12(7-9-20)16(21)19-15(17(22)23)13-4-3-5-14(18)10-13/h3-5,10-12,15H,6-9H2,1-2H3,(H,19,21)(H,22,23). The largest absolute Gasteiger partial charge is 0.479 e. The van der Waals surface area contributed by atoms with Crippen molar-refractivity contribution in [2.75, 3.05) is 13.1 Å². The smallest absolute Gasteiger partial charge is 0.330 e. The van der Waals surface area contributed by atoms with E-state index >= 15 is 0 Å². The topological polar surface area (TPSA) is 69.6 Å². The van der Waals surface area contributed by atoms with Crippen LogP contribution in [0.5, 0.6) is 0 Å². The number of piperidine rings is 1. The van der Waals surface area contributed by atoms with Gasteiger partial charge in [0.25, 0.3) is 0 Å². The molecule has 126 valence electrons. The molecule has 1 fully saturated rings. The first-order valence-corrected chi connectivity index (χ1v) is 7.91. The van der Waals surface area contributed by atoms with E-state index in [9.17, 15) is 19.1 Å². The van der Waals surface area contributed by atoms with Crippen molar-refractivity contribution in [1.29, 1.82) is 0 Å². The van der Waals surface area contributed by atoms with E-state index in [4.69, 9.17) is 0 Å². The summed E-state index contributed by atoms with van der Waals surface area (Å²) in [6, 6.07) is 4.54. The van der Waals surface area contributed by atoms with Gasteiger partial charge in [0.1, 0.15) is 5.82 Å². The SMILES string of the molecule is CC(C)N1CCC(C(=O)NC(C(=O)O)c2cccc(F)c2)CC1. The normalized spacial score (nSPS) is 17.9. The van der Waals surface area contributed by atoms with Gasteiger partial charge in [-0.25, -0.2) is 9.18 Å². The monoisotopic (exact) mass is 322 g/mol. The Labute approximate surface area is 135 Å². The Bertz CT molecular complexity index is 569. The van der Waals surface area contributed by atoms with Gasteiger partial charge in [0.15, 0.2) is 6.04 Å². The van der Waals surface area contributed by atoms with E-state index in [1.54, 1.807) is 0 Å². The molecule has 0 bridgehead atoms. The highest BCUT2D eigenvalue weighted by atomic mass is 19.1. The van der Waals surface area contributed by atoms with Crippen LogP contribution in [0.3, 0.4) is 0 Å². The first kappa shape index (κ1) is 17.4. The molecule has 0 aromatic heterocycles. The molecule has 0 radical (unpaired) electrons. The lowest BCUT2D eigenvalue weighted by Gasteiger charge is -2.34. The van der Waals surface area contributed by atoms with Crippen LogP contribution in [0.1, 0.15) is 38.3 Å². The highest BCUT2D eigenvalue weighted by Gasteiger charge is 2.30. The number of carbonyl (C=O) groups excluding carboxylic acids is 1. The third-order valence-corrected chi connectivity index (χ3v) is 4.35. The Morgan fingerprint density at radius 3 is 2.48 bits per heavy atom. The maximum atomic E-state index is 13.3. The number of rotatable bonds is 5. The Kier molecular flexibility index (Phi) is 5.71. The maximum Gasteiger partial charge on any atom is 0.330 e. The second-order valence-corrected chi connectivity index (χ2v) is 6.24. The molecule has 1 aromatic carbocycles. The summed E-state index contributed by atoms with van der Waals surface area (Å²) in [6.45, 7) is 5.89. The van der Waals surface area contributed by atoms with Gasteiger partial charge in [-0.15, -0.1) is 0 Å². The first-order valence-electron chi connectivity index (χ1n) is 7.91. The minimum absolute atomic E-state index is 0.194. The van der Waals surface area contributed by atoms with Gasteiger partial charge in [-0.05, 0) is 57.5 Å². The molecule has 23 heavy (non-hydrogen) atoms. The molecule has 1 saturated heterocycles. The number of aliphatic carboxylic acids is 1. The third kappa shape index (κ3) is 4.51. The summed E-state index contributed by atoms with van der Waals surface area (Å²) in [6.07, 6.45) is 1.42. The number of carbonyl (C=O) groups is 2. The van der Waals surface area contributed by atoms with Gasteiger partial charge < -0.3 is 15.3 Å². The van der Waals surface area contributed by atoms with Crippen LogP contribution in [0.2, 0.25) is 0 Å². The highest BCUT2D eigenvalue weighted by Crippen LogP contribution is 2.21. The molecule has 6 heteroatoms. The molecule has 1 atom stereocenters. The van der Waals surface area contributed by atoms with Crippen LogP contribution in [-0.2, 0) is 9.59 Å². The fraction of sp³-hybridized carbons (Fsp3) is 0.529. The van der Waals surface area contributed by atoms with E-state index in [1.807, 2.05) is 0 Å². The van der Waals surface area contributed by atoms with E-state index in [1.165, 1.54) is 18.2 Å². The fourth-order valence-corrected chi connectivity index (χ4v) is 2.91. The molecule has 1 aromatic rings. The first-order chi connectivity index (χ1) is 10.9. The molecule has 1 amide bonds. The molecule has 5 nitrogen and oxygen atoms in total. The van der Waals surface area contributed by atoms with Crippen LogP contribution in [0.25, 0.3) is 0 Å². The van der Waals surface area contributed by atoms with Crippen molar-refractivity contribution in [3.05, 3.63) is 35.6 Å². The number of likely N-dealkylation sites (tertiary alicyclic amines) is 1. The van der Waals surface area contributed by atoms with Gasteiger partial charge >= 0.3 is 5.97 Å². The van der Waals surface area contributed by atoms with Crippen molar-refractivity contribution in [3.63, 3.8) is 0 Å². The van der Waals surface area contributed by atoms with Crippen LogP contribution >= 0.6 is 0 Å². The van der Waals surface area contributed by atoms with Crippen LogP contribution in [-0.4, -0.2) is 41.0 Å². The predicted octanol–water partition coefficient (Wildman–Crippen LogP) is 2.19. The fourth-order valence-electron chi connectivity index (χ4n) is 2.91. The zero-order valence-electron chi connectivity index (χ0n) is 13.5. The van der Waals surface area contributed by atoms with Gasteiger partial charge in [0.2, 0.25) is 5.91 Å². The minimum atomic E-state index is -1.22. The Morgan fingerprint density at radius 1 is 1.30 bits per heavy atom. The number of hydrogen-bond donors (Lipinski definition) is 2. The van der Waals surface area contributed by atoms with Crippen molar-refractivity contribution < 1.29 is 19.1 Å². The van der Waals surface area contributed by atoms with E-state index < -0.39 is 17.8 Å². The number of carboxylic acid groups (broad SMARTS) is 1. The number of halogens is 1. The second-order valence-electron chi connectivity index (χ2n) is 6.24. The summed E-state index contributed by atoms with van der Waals surface area (Å²) in [5.41, 5.74) is 0.241. The quantitative estimate of drug-likeness (QED) is 0.872. The second kappa shape index (κ2) is 7.55. The van der Waals surface area contributed by atoms with Crippen molar-refractivity contribution in [1.82, 2.24) is 10.2 Å². The van der Waals surface area contributed by atoms with Crippen molar-refractivity contribution in [3.8, 4) is 0 Å². The van der Waals surface area contributed by atoms with Gasteiger partial charge in [-0.2, -0.15) is 0 Å². The summed E-state index contributed by atoms with van der Waals surface area (Å²) in [5, 5.41) is 11.9. The summed E-state index contributed by atoms with van der Waals surface area (Å²) >= 11 is 0. The molecule has 2 rings (SSSR count).